The molecule has 0 saturated carbocycles. The van der Waals surface area contributed by atoms with Crippen molar-refractivity contribution in [3.63, 3.8) is 0 Å². The van der Waals surface area contributed by atoms with Crippen LogP contribution in [0.15, 0.2) is 60.7 Å². The number of nitrogens with zero attached hydrogens (tertiary/aromatic N) is 1. The normalized spacial score (nSPS) is 11.0. The van der Waals surface area contributed by atoms with Crippen molar-refractivity contribution in [2.75, 3.05) is 0 Å². The van der Waals surface area contributed by atoms with Crippen LogP contribution in [0.3, 0.4) is 0 Å². The number of phenols is 1. The highest BCUT2D eigenvalue weighted by Gasteiger charge is 2.12. The number of carbonyl (C=O) groups excluding carboxylic acids is 1. The molecule has 26 heavy (non-hydrogen) atoms. The number of carbonyl (C=O) groups is 1. The highest BCUT2D eigenvalue weighted by molar-refractivity contribution is 5.97. The molecule has 1 heterocycles. The van der Waals surface area contributed by atoms with Gasteiger partial charge in [-0.05, 0) is 60.2 Å². The van der Waals surface area contributed by atoms with E-state index in [2.05, 4.69) is 10.2 Å². The molecule has 0 atom stereocenters. The molecular formula is C20H14FN3O2. The van der Waals surface area contributed by atoms with Gasteiger partial charge in [0, 0.05) is 22.1 Å². The van der Waals surface area contributed by atoms with E-state index in [0.29, 0.717) is 11.3 Å². The summed E-state index contributed by atoms with van der Waals surface area (Å²) in [6.45, 7) is 0. The van der Waals surface area contributed by atoms with E-state index in [9.17, 15) is 14.3 Å². The standard InChI is InChI=1S/C20H14FN3O2/c21-14-5-1-11(2-6-14)19-16-9-12(4-8-17(16)23-24-19)15-7-3-13(20(22)26)10-18(15)25/h1-10,25H,(H2,22,26)(H,23,24). The molecule has 0 fully saturated rings. The largest absolute Gasteiger partial charge is 0.507 e. The molecule has 6 heteroatoms. The summed E-state index contributed by atoms with van der Waals surface area (Å²) >= 11 is 0. The third-order valence-corrected chi connectivity index (χ3v) is 4.27. The maximum absolute atomic E-state index is 13.2. The van der Waals surface area contributed by atoms with Gasteiger partial charge in [-0.3, -0.25) is 9.89 Å². The van der Waals surface area contributed by atoms with Crippen LogP contribution < -0.4 is 5.73 Å². The minimum atomic E-state index is -0.601. The topological polar surface area (TPSA) is 92.0 Å². The Morgan fingerprint density at radius 3 is 2.42 bits per heavy atom. The number of fused-ring (bicyclic) bond motifs is 1. The summed E-state index contributed by atoms with van der Waals surface area (Å²) in [6.07, 6.45) is 0. The summed E-state index contributed by atoms with van der Waals surface area (Å²) in [5, 5.41) is 18.4. The molecule has 0 unspecified atom stereocenters. The lowest BCUT2D eigenvalue weighted by atomic mass is 9.99. The number of aromatic amines is 1. The van der Waals surface area contributed by atoms with Crippen molar-refractivity contribution < 1.29 is 14.3 Å². The Bertz CT molecular complexity index is 1130. The highest BCUT2D eigenvalue weighted by atomic mass is 19.1. The third kappa shape index (κ3) is 2.67. The number of amides is 1. The Kier molecular flexibility index (Phi) is 3.65. The highest BCUT2D eigenvalue weighted by Crippen LogP contribution is 2.34. The Balaban J connectivity index is 1.84. The van der Waals surface area contributed by atoms with E-state index in [1.807, 2.05) is 18.2 Å². The van der Waals surface area contributed by atoms with E-state index in [1.54, 1.807) is 24.3 Å². The Morgan fingerprint density at radius 2 is 1.73 bits per heavy atom. The predicted molar refractivity (Wildman–Crippen MR) is 97.1 cm³/mol. The number of benzene rings is 3. The van der Waals surface area contributed by atoms with Crippen LogP contribution in [-0.2, 0) is 0 Å². The maximum atomic E-state index is 13.2. The fourth-order valence-corrected chi connectivity index (χ4v) is 2.94. The van der Waals surface area contributed by atoms with E-state index >= 15 is 0 Å². The molecule has 1 amide bonds. The summed E-state index contributed by atoms with van der Waals surface area (Å²) in [5.41, 5.74) is 9.10. The van der Waals surface area contributed by atoms with Crippen molar-refractivity contribution in [3.8, 4) is 28.1 Å². The van der Waals surface area contributed by atoms with Gasteiger partial charge >= 0.3 is 0 Å². The van der Waals surface area contributed by atoms with Crippen molar-refractivity contribution in [2.24, 2.45) is 5.73 Å². The van der Waals surface area contributed by atoms with Crippen LogP contribution in [0, 0.1) is 5.82 Å². The van der Waals surface area contributed by atoms with Crippen molar-refractivity contribution in [1.29, 1.82) is 0 Å². The SMILES string of the molecule is NC(=O)c1ccc(-c2ccc3[nH]nc(-c4ccc(F)cc4)c3c2)c(O)c1. The van der Waals surface area contributed by atoms with Gasteiger partial charge in [-0.25, -0.2) is 4.39 Å². The number of primary amides is 1. The number of hydrogen-bond donors (Lipinski definition) is 3. The fourth-order valence-electron chi connectivity index (χ4n) is 2.94. The van der Waals surface area contributed by atoms with Gasteiger partial charge in [0.25, 0.3) is 0 Å². The zero-order chi connectivity index (χ0) is 18.3. The number of nitrogens with one attached hydrogen (secondary N) is 1. The minimum Gasteiger partial charge on any atom is -0.507 e. The zero-order valence-electron chi connectivity index (χ0n) is 13.5. The summed E-state index contributed by atoms with van der Waals surface area (Å²) in [7, 11) is 0. The van der Waals surface area contributed by atoms with E-state index in [0.717, 1.165) is 22.0 Å². The minimum absolute atomic E-state index is 0.0347. The first kappa shape index (κ1) is 15.8. The van der Waals surface area contributed by atoms with Gasteiger partial charge in [0.2, 0.25) is 5.91 Å². The summed E-state index contributed by atoms with van der Waals surface area (Å²) in [6, 6.07) is 16.2. The maximum Gasteiger partial charge on any atom is 0.248 e. The van der Waals surface area contributed by atoms with Crippen LogP contribution >= 0.6 is 0 Å². The second-order valence-electron chi connectivity index (χ2n) is 5.94. The quantitative estimate of drug-likeness (QED) is 0.526. The number of rotatable bonds is 3. The molecule has 0 bridgehead atoms. The first-order chi connectivity index (χ1) is 12.5. The van der Waals surface area contributed by atoms with Gasteiger partial charge in [0.05, 0.1) is 11.2 Å². The Labute approximate surface area is 147 Å². The molecule has 4 rings (SSSR count). The molecule has 0 aliphatic rings. The van der Waals surface area contributed by atoms with Crippen LogP contribution in [0.25, 0.3) is 33.3 Å². The second-order valence-corrected chi connectivity index (χ2v) is 5.94. The van der Waals surface area contributed by atoms with E-state index in [-0.39, 0.29) is 17.1 Å². The molecule has 128 valence electrons. The van der Waals surface area contributed by atoms with Crippen molar-refractivity contribution in [1.82, 2.24) is 10.2 Å². The molecule has 0 saturated heterocycles. The molecule has 1 aromatic heterocycles. The predicted octanol–water partition coefficient (Wildman–Crippen LogP) is 3.84. The molecule has 5 nitrogen and oxygen atoms in total. The average Bonchev–Trinajstić information content (AvgIpc) is 3.05. The number of aromatic hydroxyl groups is 1. The molecule has 4 N–H and O–H groups in total. The lowest BCUT2D eigenvalue weighted by Gasteiger charge is -2.07. The number of phenolic OH excluding ortho intramolecular Hbond substituents is 1. The molecule has 3 aromatic carbocycles. The van der Waals surface area contributed by atoms with Crippen LogP contribution in [0.2, 0.25) is 0 Å². The lowest BCUT2D eigenvalue weighted by molar-refractivity contribution is 0.1000. The van der Waals surface area contributed by atoms with Crippen molar-refractivity contribution in [2.45, 2.75) is 0 Å². The summed E-state index contributed by atoms with van der Waals surface area (Å²) in [5.74, 6) is -0.947. The zero-order valence-corrected chi connectivity index (χ0v) is 13.5. The molecule has 0 spiro atoms. The number of nitrogens with two attached hydrogens (primary N) is 1. The van der Waals surface area contributed by atoms with Gasteiger partial charge in [0.15, 0.2) is 0 Å². The first-order valence-corrected chi connectivity index (χ1v) is 7.90. The van der Waals surface area contributed by atoms with Crippen molar-refractivity contribution in [3.05, 3.63) is 72.0 Å². The number of halogens is 1. The van der Waals surface area contributed by atoms with Crippen LogP contribution in [-0.4, -0.2) is 21.2 Å². The molecule has 0 radical (unpaired) electrons. The van der Waals surface area contributed by atoms with Crippen LogP contribution in [0.5, 0.6) is 5.75 Å². The molecular weight excluding hydrogens is 333 g/mol. The summed E-state index contributed by atoms with van der Waals surface area (Å²) < 4.78 is 13.2. The Hall–Kier alpha value is -3.67. The van der Waals surface area contributed by atoms with Gasteiger partial charge in [-0.2, -0.15) is 5.10 Å². The number of H-pyrrole nitrogens is 1. The monoisotopic (exact) mass is 347 g/mol. The Morgan fingerprint density at radius 1 is 1.00 bits per heavy atom. The van der Waals surface area contributed by atoms with Gasteiger partial charge in [0.1, 0.15) is 11.6 Å². The smallest absolute Gasteiger partial charge is 0.248 e. The molecule has 0 aliphatic carbocycles. The molecule has 0 aliphatic heterocycles. The van der Waals surface area contributed by atoms with Gasteiger partial charge in [-0.1, -0.05) is 6.07 Å². The number of hydrogen-bond acceptors (Lipinski definition) is 3. The lowest BCUT2D eigenvalue weighted by Crippen LogP contribution is -2.10. The third-order valence-electron chi connectivity index (χ3n) is 4.27. The summed E-state index contributed by atoms with van der Waals surface area (Å²) in [4.78, 5) is 11.2. The second kappa shape index (κ2) is 6.00. The van der Waals surface area contributed by atoms with Crippen LogP contribution in [0.4, 0.5) is 4.39 Å². The van der Waals surface area contributed by atoms with E-state index < -0.39 is 5.91 Å². The van der Waals surface area contributed by atoms with Gasteiger partial charge < -0.3 is 10.8 Å². The first-order valence-electron chi connectivity index (χ1n) is 7.90. The average molecular weight is 347 g/mol. The van der Waals surface area contributed by atoms with Gasteiger partial charge in [-0.15, -0.1) is 0 Å². The number of aromatic nitrogens is 2. The van der Waals surface area contributed by atoms with E-state index in [1.165, 1.54) is 18.2 Å². The molecule has 4 aromatic rings. The van der Waals surface area contributed by atoms with E-state index in [4.69, 9.17) is 5.73 Å². The van der Waals surface area contributed by atoms with Crippen molar-refractivity contribution >= 4 is 16.8 Å². The fraction of sp³-hybridized carbons (Fsp3) is 0. The van der Waals surface area contributed by atoms with Crippen LogP contribution in [0.1, 0.15) is 10.4 Å².